The van der Waals surface area contributed by atoms with Gasteiger partial charge in [0.25, 0.3) is 0 Å². The van der Waals surface area contributed by atoms with E-state index in [9.17, 15) is 0 Å². The molecule has 1 aromatic heterocycles. The Hall–Kier alpha value is -1.97. The van der Waals surface area contributed by atoms with Crippen molar-refractivity contribution in [2.24, 2.45) is 5.84 Å². The molecule has 0 aliphatic heterocycles. The van der Waals surface area contributed by atoms with Gasteiger partial charge in [0.05, 0.1) is 17.8 Å². The molecule has 0 bridgehead atoms. The van der Waals surface area contributed by atoms with Crippen molar-refractivity contribution in [2.75, 3.05) is 0 Å². The molecular formula is C14H13N3. The van der Waals surface area contributed by atoms with Gasteiger partial charge in [0, 0.05) is 10.8 Å². The summed E-state index contributed by atoms with van der Waals surface area (Å²) in [5.41, 5.74) is 4.68. The van der Waals surface area contributed by atoms with E-state index in [4.69, 9.17) is 5.84 Å². The molecule has 3 aromatic rings. The van der Waals surface area contributed by atoms with Crippen LogP contribution in [-0.4, -0.2) is 4.98 Å². The number of para-hydroxylation sites is 1. The second kappa shape index (κ2) is 4.13. The molecule has 3 N–H and O–H groups in total. The van der Waals surface area contributed by atoms with E-state index < -0.39 is 0 Å². The first-order valence-corrected chi connectivity index (χ1v) is 5.60. The van der Waals surface area contributed by atoms with Crippen molar-refractivity contribution in [3.63, 3.8) is 0 Å². The molecule has 3 nitrogen and oxygen atoms in total. The maximum atomic E-state index is 5.41. The third kappa shape index (κ3) is 1.65. The van der Waals surface area contributed by atoms with Gasteiger partial charge >= 0.3 is 0 Å². The number of nitrogens with one attached hydrogen (secondary N) is 1. The van der Waals surface area contributed by atoms with E-state index in [1.54, 1.807) is 0 Å². The molecule has 0 radical (unpaired) electrons. The predicted molar refractivity (Wildman–Crippen MR) is 70.3 cm³/mol. The molecule has 2 aromatic carbocycles. The third-order valence-electron chi connectivity index (χ3n) is 2.96. The Kier molecular flexibility index (Phi) is 2.48. The Morgan fingerprint density at radius 2 is 1.53 bits per heavy atom. The molecule has 0 saturated heterocycles. The fourth-order valence-corrected chi connectivity index (χ4v) is 2.21. The summed E-state index contributed by atoms with van der Waals surface area (Å²) in [6, 6.07) is 16.5. The zero-order chi connectivity index (χ0) is 11.7. The minimum Gasteiger partial charge on any atom is -0.271 e. The lowest BCUT2D eigenvalue weighted by Gasteiger charge is -2.08. The van der Waals surface area contributed by atoms with Gasteiger partial charge < -0.3 is 0 Å². The summed E-state index contributed by atoms with van der Waals surface area (Å²) in [5.74, 6) is 5.41. The summed E-state index contributed by atoms with van der Waals surface area (Å²) >= 11 is 0. The van der Waals surface area contributed by atoms with Crippen molar-refractivity contribution in [3.05, 3.63) is 54.2 Å². The van der Waals surface area contributed by atoms with E-state index in [1.165, 1.54) is 10.8 Å². The van der Waals surface area contributed by atoms with E-state index in [2.05, 4.69) is 34.7 Å². The number of benzene rings is 2. The highest BCUT2D eigenvalue weighted by Gasteiger charge is 2.06. The summed E-state index contributed by atoms with van der Waals surface area (Å²) in [6.07, 6.45) is 0. The number of nitrogens with two attached hydrogens (primary N) is 1. The summed E-state index contributed by atoms with van der Waals surface area (Å²) in [4.78, 5) is 4.65. The fraction of sp³-hybridized carbons (Fsp3) is 0.0714. The van der Waals surface area contributed by atoms with Crippen molar-refractivity contribution in [3.8, 4) is 0 Å². The minimum atomic E-state index is 0.575. The molecule has 0 aliphatic rings. The van der Waals surface area contributed by atoms with Gasteiger partial charge in [-0.2, -0.15) is 0 Å². The molecule has 3 heteroatoms. The number of aromatic nitrogens is 1. The molecule has 0 spiro atoms. The van der Waals surface area contributed by atoms with Gasteiger partial charge in [-0.1, -0.05) is 42.5 Å². The largest absolute Gasteiger partial charge is 0.271 e. The molecule has 0 unspecified atom stereocenters. The van der Waals surface area contributed by atoms with Crippen LogP contribution in [0.5, 0.6) is 0 Å². The Bertz CT molecular complexity index is 676. The second-order valence-corrected chi connectivity index (χ2v) is 4.00. The topological polar surface area (TPSA) is 50.9 Å². The smallest absolute Gasteiger partial charge is 0.0712 e. The average Bonchev–Trinajstić information content (AvgIpc) is 2.39. The lowest BCUT2D eigenvalue weighted by Crippen LogP contribution is -2.21. The zero-order valence-corrected chi connectivity index (χ0v) is 9.35. The predicted octanol–water partition coefficient (Wildman–Crippen LogP) is 2.35. The number of fused-ring (bicyclic) bond motifs is 3. The van der Waals surface area contributed by atoms with Gasteiger partial charge in [-0.3, -0.25) is 16.3 Å². The van der Waals surface area contributed by atoms with Gasteiger partial charge in [0.1, 0.15) is 0 Å². The highest BCUT2D eigenvalue weighted by Crippen LogP contribution is 2.25. The molecule has 1 heterocycles. The van der Waals surface area contributed by atoms with Gasteiger partial charge in [-0.05, 0) is 11.5 Å². The van der Waals surface area contributed by atoms with Crippen LogP contribution in [0, 0.1) is 0 Å². The van der Waals surface area contributed by atoms with Crippen LogP contribution < -0.4 is 11.3 Å². The van der Waals surface area contributed by atoms with Crippen LogP contribution in [0.3, 0.4) is 0 Å². The minimum absolute atomic E-state index is 0.575. The molecule has 17 heavy (non-hydrogen) atoms. The first-order chi connectivity index (χ1) is 8.40. The number of rotatable bonds is 2. The molecule has 0 atom stereocenters. The van der Waals surface area contributed by atoms with Crippen LogP contribution in [0.1, 0.15) is 5.69 Å². The molecule has 3 rings (SSSR count). The molecule has 0 saturated carbocycles. The van der Waals surface area contributed by atoms with Crippen LogP contribution in [0.15, 0.2) is 48.5 Å². The normalized spacial score (nSPS) is 11.1. The Balaban J connectivity index is 2.45. The van der Waals surface area contributed by atoms with Crippen molar-refractivity contribution in [1.29, 1.82) is 0 Å². The SMILES string of the molecule is NNCc1nc2ccccc2c2ccccc12. The van der Waals surface area contributed by atoms with Gasteiger partial charge in [0.2, 0.25) is 0 Å². The lowest BCUT2D eigenvalue weighted by molar-refractivity contribution is 0.731. The van der Waals surface area contributed by atoms with Crippen molar-refractivity contribution in [1.82, 2.24) is 10.4 Å². The van der Waals surface area contributed by atoms with Crippen LogP contribution >= 0.6 is 0 Å². The number of hydrogen-bond acceptors (Lipinski definition) is 3. The van der Waals surface area contributed by atoms with E-state index in [0.717, 1.165) is 16.6 Å². The number of nitrogens with zero attached hydrogens (tertiary/aromatic N) is 1. The second-order valence-electron chi connectivity index (χ2n) is 4.00. The quantitative estimate of drug-likeness (QED) is 0.398. The number of hydrogen-bond donors (Lipinski definition) is 2. The first kappa shape index (κ1) is 10.2. The summed E-state index contributed by atoms with van der Waals surface area (Å²) in [5, 5.41) is 3.57. The van der Waals surface area contributed by atoms with Gasteiger partial charge in [0.15, 0.2) is 0 Å². The summed E-state index contributed by atoms with van der Waals surface area (Å²) < 4.78 is 0. The van der Waals surface area contributed by atoms with Crippen LogP contribution in [0.25, 0.3) is 21.7 Å². The highest BCUT2D eigenvalue weighted by atomic mass is 15.2. The maximum Gasteiger partial charge on any atom is 0.0712 e. The van der Waals surface area contributed by atoms with Gasteiger partial charge in [-0.15, -0.1) is 0 Å². The monoisotopic (exact) mass is 223 g/mol. The van der Waals surface area contributed by atoms with Crippen LogP contribution in [-0.2, 0) is 6.54 Å². The van der Waals surface area contributed by atoms with E-state index >= 15 is 0 Å². The molecule has 0 aliphatic carbocycles. The molecule has 0 amide bonds. The number of hydrazine groups is 1. The lowest BCUT2D eigenvalue weighted by atomic mass is 10.0. The average molecular weight is 223 g/mol. The molecular weight excluding hydrogens is 210 g/mol. The highest BCUT2D eigenvalue weighted by molar-refractivity contribution is 6.06. The Morgan fingerprint density at radius 1 is 0.882 bits per heavy atom. The van der Waals surface area contributed by atoms with E-state index in [1.807, 2.05) is 24.3 Å². The third-order valence-corrected chi connectivity index (χ3v) is 2.96. The molecule has 84 valence electrons. The Morgan fingerprint density at radius 3 is 2.29 bits per heavy atom. The summed E-state index contributed by atoms with van der Waals surface area (Å²) in [6.45, 7) is 0.575. The van der Waals surface area contributed by atoms with E-state index in [0.29, 0.717) is 6.54 Å². The van der Waals surface area contributed by atoms with Crippen LogP contribution in [0.2, 0.25) is 0 Å². The van der Waals surface area contributed by atoms with Crippen molar-refractivity contribution in [2.45, 2.75) is 6.54 Å². The van der Waals surface area contributed by atoms with Crippen molar-refractivity contribution < 1.29 is 0 Å². The Labute approximate surface area is 99.2 Å². The standard InChI is InChI=1S/C14H13N3/c15-16-9-14-12-7-2-1-5-10(12)11-6-3-4-8-13(11)17-14/h1-8,16H,9,15H2. The number of pyridine rings is 1. The zero-order valence-electron chi connectivity index (χ0n) is 9.35. The maximum absolute atomic E-state index is 5.41. The first-order valence-electron chi connectivity index (χ1n) is 5.60. The fourth-order valence-electron chi connectivity index (χ4n) is 2.21. The van der Waals surface area contributed by atoms with Gasteiger partial charge in [-0.25, -0.2) is 0 Å². The van der Waals surface area contributed by atoms with Crippen molar-refractivity contribution >= 4 is 21.7 Å². The molecule has 0 fully saturated rings. The summed E-state index contributed by atoms with van der Waals surface area (Å²) in [7, 11) is 0. The van der Waals surface area contributed by atoms with Crippen LogP contribution in [0.4, 0.5) is 0 Å². The van der Waals surface area contributed by atoms with E-state index in [-0.39, 0.29) is 0 Å².